The van der Waals surface area contributed by atoms with Crippen molar-refractivity contribution in [3.63, 3.8) is 0 Å². The van der Waals surface area contributed by atoms with Crippen LogP contribution >= 0.6 is 0 Å². The van der Waals surface area contributed by atoms with Gasteiger partial charge in [-0.25, -0.2) is 4.79 Å². The van der Waals surface area contributed by atoms with Gasteiger partial charge in [-0.1, -0.05) is 19.3 Å². The molecular weight excluding hydrogens is 204 g/mol. The number of imide groups is 1. The fraction of sp³-hybridized carbons (Fsp3) is 0.833. The Labute approximate surface area is 96.4 Å². The van der Waals surface area contributed by atoms with Gasteiger partial charge in [-0.3, -0.25) is 10.1 Å². The Morgan fingerprint density at radius 3 is 2.56 bits per heavy atom. The summed E-state index contributed by atoms with van der Waals surface area (Å²) in [5.74, 6) is 0.477. The van der Waals surface area contributed by atoms with Crippen molar-refractivity contribution in [1.29, 1.82) is 0 Å². The number of rotatable bonds is 2. The van der Waals surface area contributed by atoms with Crippen molar-refractivity contribution < 1.29 is 9.59 Å². The minimum absolute atomic E-state index is 0.142. The zero-order valence-corrected chi connectivity index (χ0v) is 9.87. The van der Waals surface area contributed by atoms with Crippen molar-refractivity contribution in [3.8, 4) is 0 Å². The number of hydrogen-bond acceptors (Lipinski definition) is 2. The van der Waals surface area contributed by atoms with Gasteiger partial charge in [0.1, 0.15) is 0 Å². The van der Waals surface area contributed by atoms with Crippen LogP contribution in [0.15, 0.2) is 0 Å². The molecule has 1 aliphatic carbocycles. The second-order valence-electron chi connectivity index (χ2n) is 4.94. The van der Waals surface area contributed by atoms with E-state index in [2.05, 4.69) is 12.2 Å². The second-order valence-corrected chi connectivity index (χ2v) is 4.94. The van der Waals surface area contributed by atoms with Crippen LogP contribution in [0.4, 0.5) is 4.79 Å². The predicted molar refractivity (Wildman–Crippen MR) is 60.9 cm³/mol. The molecule has 1 atom stereocenters. The molecule has 3 amide bonds. The Kier molecular flexibility index (Phi) is 3.46. The first-order valence-corrected chi connectivity index (χ1v) is 6.29. The Morgan fingerprint density at radius 2 is 1.94 bits per heavy atom. The molecule has 0 aromatic carbocycles. The van der Waals surface area contributed by atoms with Gasteiger partial charge in [-0.15, -0.1) is 0 Å². The van der Waals surface area contributed by atoms with E-state index in [0.29, 0.717) is 18.9 Å². The van der Waals surface area contributed by atoms with Crippen LogP contribution in [0.2, 0.25) is 0 Å². The molecule has 90 valence electrons. The summed E-state index contributed by atoms with van der Waals surface area (Å²) in [4.78, 5) is 24.6. The maximum absolute atomic E-state index is 11.7. The molecule has 0 bridgehead atoms. The first-order chi connectivity index (χ1) is 7.68. The summed E-state index contributed by atoms with van der Waals surface area (Å²) < 4.78 is 0. The van der Waals surface area contributed by atoms with Crippen LogP contribution in [0.5, 0.6) is 0 Å². The lowest BCUT2D eigenvalue weighted by Crippen LogP contribution is -2.54. The van der Waals surface area contributed by atoms with Crippen molar-refractivity contribution in [2.24, 2.45) is 5.92 Å². The van der Waals surface area contributed by atoms with E-state index in [-0.39, 0.29) is 18.0 Å². The second kappa shape index (κ2) is 4.85. The number of carbonyl (C=O) groups is 2. The zero-order chi connectivity index (χ0) is 11.5. The third kappa shape index (κ3) is 2.36. The molecule has 4 heteroatoms. The number of hydrogen-bond donors (Lipinski definition) is 1. The molecule has 16 heavy (non-hydrogen) atoms. The summed E-state index contributed by atoms with van der Waals surface area (Å²) in [7, 11) is 0. The highest BCUT2D eigenvalue weighted by Gasteiger charge is 2.31. The van der Waals surface area contributed by atoms with Crippen molar-refractivity contribution in [1.82, 2.24) is 10.2 Å². The number of nitrogens with one attached hydrogen (secondary N) is 1. The largest absolute Gasteiger partial charge is 0.324 e. The van der Waals surface area contributed by atoms with Crippen LogP contribution in [0.1, 0.15) is 45.4 Å². The standard InChI is InChI=1S/C12H20N2O2/c1-9(10-5-3-2-4-6-10)14-8-7-11(15)13-12(14)16/h9-10H,2-8H2,1H3,(H,13,15,16). The average Bonchev–Trinajstić information content (AvgIpc) is 2.29. The van der Waals surface area contributed by atoms with Gasteiger partial charge in [-0.05, 0) is 25.7 Å². The summed E-state index contributed by atoms with van der Waals surface area (Å²) in [6.45, 7) is 2.70. The van der Waals surface area contributed by atoms with Gasteiger partial charge in [0.25, 0.3) is 0 Å². The van der Waals surface area contributed by atoms with Gasteiger partial charge >= 0.3 is 6.03 Å². The van der Waals surface area contributed by atoms with Gasteiger partial charge in [-0.2, -0.15) is 0 Å². The van der Waals surface area contributed by atoms with Gasteiger partial charge in [0.05, 0.1) is 0 Å². The number of nitrogens with zero attached hydrogens (tertiary/aromatic N) is 1. The molecule has 0 aromatic rings. The van der Waals surface area contributed by atoms with Gasteiger partial charge < -0.3 is 4.90 Å². The lowest BCUT2D eigenvalue weighted by Gasteiger charge is -2.38. The minimum atomic E-state index is -0.200. The van der Waals surface area contributed by atoms with Crippen molar-refractivity contribution in [3.05, 3.63) is 0 Å². The van der Waals surface area contributed by atoms with E-state index in [1.807, 2.05) is 4.90 Å². The summed E-state index contributed by atoms with van der Waals surface area (Å²) >= 11 is 0. The van der Waals surface area contributed by atoms with Crippen LogP contribution in [0.25, 0.3) is 0 Å². The highest BCUT2D eigenvalue weighted by molar-refractivity contribution is 5.96. The minimum Gasteiger partial charge on any atom is -0.321 e. The molecule has 2 rings (SSSR count). The molecule has 2 aliphatic rings. The number of carbonyl (C=O) groups excluding carboxylic acids is 2. The van der Waals surface area contributed by atoms with Crippen molar-refractivity contribution in [2.75, 3.05) is 6.54 Å². The average molecular weight is 224 g/mol. The normalized spacial score (nSPS) is 25.4. The maximum Gasteiger partial charge on any atom is 0.324 e. The van der Waals surface area contributed by atoms with Crippen LogP contribution < -0.4 is 5.32 Å². The lowest BCUT2D eigenvalue weighted by atomic mass is 9.84. The van der Waals surface area contributed by atoms with Crippen LogP contribution in [0, 0.1) is 5.92 Å². The highest BCUT2D eigenvalue weighted by atomic mass is 16.2. The molecular formula is C12H20N2O2. The van der Waals surface area contributed by atoms with Gasteiger partial charge in [0, 0.05) is 19.0 Å². The van der Waals surface area contributed by atoms with E-state index in [9.17, 15) is 9.59 Å². The third-order valence-electron chi connectivity index (χ3n) is 3.91. The molecule has 0 radical (unpaired) electrons. The molecule has 0 aromatic heterocycles. The van der Waals surface area contributed by atoms with Crippen molar-refractivity contribution in [2.45, 2.75) is 51.5 Å². The number of urea groups is 1. The van der Waals surface area contributed by atoms with E-state index in [1.54, 1.807) is 0 Å². The smallest absolute Gasteiger partial charge is 0.321 e. The molecule has 1 unspecified atom stereocenters. The fourth-order valence-electron chi connectivity index (χ4n) is 2.84. The zero-order valence-electron chi connectivity index (χ0n) is 9.87. The van der Waals surface area contributed by atoms with E-state index < -0.39 is 0 Å². The molecule has 1 aliphatic heterocycles. The summed E-state index contributed by atoms with van der Waals surface area (Å²) in [6, 6.07) is 0.0720. The van der Waals surface area contributed by atoms with Crippen LogP contribution in [-0.4, -0.2) is 29.4 Å². The van der Waals surface area contributed by atoms with Crippen LogP contribution in [-0.2, 0) is 4.79 Å². The van der Waals surface area contributed by atoms with Crippen LogP contribution in [0.3, 0.4) is 0 Å². The van der Waals surface area contributed by atoms with Gasteiger partial charge in [0.15, 0.2) is 0 Å². The molecule has 4 nitrogen and oxygen atoms in total. The first-order valence-electron chi connectivity index (χ1n) is 6.29. The molecule has 0 spiro atoms. The number of amides is 3. The summed E-state index contributed by atoms with van der Waals surface area (Å²) in [6.07, 6.45) is 6.78. The van der Waals surface area contributed by atoms with E-state index in [0.717, 1.165) is 0 Å². The predicted octanol–water partition coefficient (Wildman–Crippen LogP) is 1.90. The Morgan fingerprint density at radius 1 is 1.25 bits per heavy atom. The Balaban J connectivity index is 1.95. The first kappa shape index (κ1) is 11.4. The Hall–Kier alpha value is -1.06. The lowest BCUT2D eigenvalue weighted by molar-refractivity contribution is -0.121. The molecule has 1 saturated heterocycles. The monoisotopic (exact) mass is 224 g/mol. The maximum atomic E-state index is 11.7. The SMILES string of the molecule is CC(C1CCCCC1)N1CCC(=O)NC1=O. The molecule has 1 heterocycles. The quantitative estimate of drug-likeness (QED) is 0.778. The van der Waals surface area contributed by atoms with Gasteiger partial charge in [0.2, 0.25) is 5.91 Å². The topological polar surface area (TPSA) is 49.4 Å². The fourth-order valence-corrected chi connectivity index (χ4v) is 2.84. The molecule has 1 N–H and O–H groups in total. The summed E-state index contributed by atoms with van der Waals surface area (Å²) in [5.41, 5.74) is 0. The van der Waals surface area contributed by atoms with E-state index in [4.69, 9.17) is 0 Å². The van der Waals surface area contributed by atoms with Crippen molar-refractivity contribution >= 4 is 11.9 Å². The van der Waals surface area contributed by atoms with E-state index >= 15 is 0 Å². The third-order valence-corrected chi connectivity index (χ3v) is 3.91. The summed E-state index contributed by atoms with van der Waals surface area (Å²) in [5, 5.41) is 2.40. The molecule has 2 fully saturated rings. The highest BCUT2D eigenvalue weighted by Crippen LogP contribution is 2.29. The molecule has 1 saturated carbocycles. The Bertz CT molecular complexity index is 285. The van der Waals surface area contributed by atoms with E-state index in [1.165, 1.54) is 32.1 Å².